The average Bonchev–Trinajstić information content (AvgIpc) is 2.98. The SMILES string of the molecule is Clc1cccc(CC2COC(C3CCCN3)=N2)c1. The first-order chi connectivity index (χ1) is 8.81. The number of nitrogens with zero attached hydrogens (tertiary/aromatic N) is 1. The molecular weight excluding hydrogens is 248 g/mol. The molecule has 0 saturated carbocycles. The van der Waals surface area contributed by atoms with Crippen LogP contribution in [0.25, 0.3) is 0 Å². The number of hydrogen-bond donors (Lipinski definition) is 1. The summed E-state index contributed by atoms with van der Waals surface area (Å²) in [5.41, 5.74) is 1.22. The second-order valence-corrected chi connectivity index (χ2v) is 5.35. The van der Waals surface area contributed by atoms with Crippen molar-refractivity contribution in [3.63, 3.8) is 0 Å². The Morgan fingerprint density at radius 2 is 2.39 bits per heavy atom. The van der Waals surface area contributed by atoms with Crippen molar-refractivity contribution in [2.45, 2.75) is 31.3 Å². The zero-order valence-corrected chi connectivity index (χ0v) is 11.0. The molecule has 1 saturated heterocycles. The van der Waals surface area contributed by atoms with E-state index in [-0.39, 0.29) is 6.04 Å². The molecule has 1 aromatic rings. The van der Waals surface area contributed by atoms with Gasteiger partial charge in [-0.3, -0.25) is 0 Å². The van der Waals surface area contributed by atoms with E-state index in [9.17, 15) is 0 Å². The number of ether oxygens (including phenoxy) is 1. The van der Waals surface area contributed by atoms with Gasteiger partial charge in [-0.1, -0.05) is 23.7 Å². The molecule has 2 heterocycles. The summed E-state index contributed by atoms with van der Waals surface area (Å²) in [7, 11) is 0. The fourth-order valence-electron chi connectivity index (χ4n) is 2.56. The number of aliphatic imine (C=N–C) groups is 1. The topological polar surface area (TPSA) is 33.6 Å². The molecule has 3 rings (SSSR count). The van der Waals surface area contributed by atoms with Crippen molar-refractivity contribution in [2.75, 3.05) is 13.2 Å². The van der Waals surface area contributed by atoms with Crippen molar-refractivity contribution in [3.05, 3.63) is 34.9 Å². The zero-order valence-electron chi connectivity index (χ0n) is 10.2. The van der Waals surface area contributed by atoms with Gasteiger partial charge in [-0.15, -0.1) is 0 Å². The van der Waals surface area contributed by atoms with Crippen LogP contribution in [0.1, 0.15) is 18.4 Å². The minimum absolute atomic E-state index is 0.237. The molecule has 1 fully saturated rings. The molecule has 96 valence electrons. The molecule has 0 bridgehead atoms. The number of benzene rings is 1. The monoisotopic (exact) mass is 264 g/mol. The van der Waals surface area contributed by atoms with Crippen LogP contribution in [-0.2, 0) is 11.2 Å². The van der Waals surface area contributed by atoms with E-state index >= 15 is 0 Å². The standard InChI is InChI=1S/C14H17ClN2O/c15-11-4-1-3-10(7-11)8-12-9-18-14(17-12)13-5-2-6-16-13/h1,3-4,7,12-13,16H,2,5-6,8-9H2. The largest absolute Gasteiger partial charge is 0.478 e. The van der Waals surface area contributed by atoms with Crippen LogP contribution in [-0.4, -0.2) is 31.1 Å². The van der Waals surface area contributed by atoms with Gasteiger partial charge in [-0.25, -0.2) is 4.99 Å². The van der Waals surface area contributed by atoms with Gasteiger partial charge in [0.1, 0.15) is 6.61 Å². The van der Waals surface area contributed by atoms with Crippen molar-refractivity contribution in [1.29, 1.82) is 0 Å². The molecule has 1 N–H and O–H groups in total. The Balaban J connectivity index is 1.64. The van der Waals surface area contributed by atoms with E-state index in [1.807, 2.05) is 18.2 Å². The Morgan fingerprint density at radius 1 is 1.44 bits per heavy atom. The van der Waals surface area contributed by atoms with E-state index in [0.717, 1.165) is 30.3 Å². The highest BCUT2D eigenvalue weighted by Gasteiger charge is 2.27. The quantitative estimate of drug-likeness (QED) is 0.910. The molecule has 2 aliphatic rings. The second kappa shape index (κ2) is 5.29. The van der Waals surface area contributed by atoms with Crippen LogP contribution in [0.15, 0.2) is 29.3 Å². The van der Waals surface area contributed by atoms with Gasteiger partial charge in [0.2, 0.25) is 5.90 Å². The van der Waals surface area contributed by atoms with Crippen molar-refractivity contribution in [3.8, 4) is 0 Å². The van der Waals surface area contributed by atoms with Crippen LogP contribution < -0.4 is 5.32 Å². The molecule has 2 unspecified atom stereocenters. The first-order valence-electron chi connectivity index (χ1n) is 6.49. The molecule has 2 aliphatic heterocycles. The van der Waals surface area contributed by atoms with Crippen molar-refractivity contribution < 1.29 is 4.74 Å². The number of hydrogen-bond acceptors (Lipinski definition) is 3. The Kier molecular flexibility index (Phi) is 3.52. The zero-order chi connectivity index (χ0) is 12.4. The van der Waals surface area contributed by atoms with Crippen molar-refractivity contribution >= 4 is 17.5 Å². The van der Waals surface area contributed by atoms with E-state index in [1.54, 1.807) is 0 Å². The molecule has 0 spiro atoms. The summed E-state index contributed by atoms with van der Waals surface area (Å²) in [6, 6.07) is 8.55. The number of nitrogens with one attached hydrogen (secondary N) is 1. The summed E-state index contributed by atoms with van der Waals surface area (Å²) in [5.74, 6) is 0.902. The van der Waals surface area contributed by atoms with Crippen LogP contribution in [0.5, 0.6) is 0 Å². The summed E-state index contributed by atoms with van der Waals surface area (Å²) in [6.45, 7) is 1.77. The van der Waals surface area contributed by atoms with Crippen molar-refractivity contribution in [1.82, 2.24) is 5.32 Å². The lowest BCUT2D eigenvalue weighted by atomic mass is 10.1. The molecule has 1 aromatic carbocycles. The lowest BCUT2D eigenvalue weighted by Crippen LogP contribution is -2.30. The van der Waals surface area contributed by atoms with Crippen LogP contribution in [0.4, 0.5) is 0 Å². The van der Waals surface area contributed by atoms with E-state index in [2.05, 4.69) is 16.4 Å². The van der Waals surface area contributed by atoms with Gasteiger partial charge in [0.15, 0.2) is 0 Å². The van der Waals surface area contributed by atoms with Crippen LogP contribution in [0.3, 0.4) is 0 Å². The fraction of sp³-hybridized carbons (Fsp3) is 0.500. The average molecular weight is 265 g/mol. The van der Waals surface area contributed by atoms with E-state index in [1.165, 1.54) is 12.0 Å². The fourth-order valence-corrected chi connectivity index (χ4v) is 2.78. The Labute approximate surface area is 112 Å². The molecular formula is C14H17ClN2O. The maximum atomic E-state index is 5.99. The highest BCUT2D eigenvalue weighted by Crippen LogP contribution is 2.18. The van der Waals surface area contributed by atoms with Gasteiger partial charge in [-0.05, 0) is 43.5 Å². The Bertz CT molecular complexity index is 455. The summed E-state index contributed by atoms with van der Waals surface area (Å²) < 4.78 is 5.71. The Morgan fingerprint density at radius 3 is 3.17 bits per heavy atom. The van der Waals surface area contributed by atoms with Crippen LogP contribution in [0.2, 0.25) is 5.02 Å². The maximum Gasteiger partial charge on any atom is 0.201 e. The minimum atomic E-state index is 0.237. The van der Waals surface area contributed by atoms with Gasteiger partial charge in [-0.2, -0.15) is 0 Å². The lowest BCUT2D eigenvalue weighted by Gasteiger charge is -2.08. The van der Waals surface area contributed by atoms with Gasteiger partial charge in [0, 0.05) is 5.02 Å². The Hall–Kier alpha value is -1.06. The molecule has 0 aliphatic carbocycles. The van der Waals surface area contributed by atoms with Gasteiger partial charge in [0.25, 0.3) is 0 Å². The first-order valence-corrected chi connectivity index (χ1v) is 6.87. The predicted octanol–water partition coefficient (Wildman–Crippen LogP) is 2.43. The summed E-state index contributed by atoms with van der Waals surface area (Å²) >= 11 is 5.99. The molecule has 0 aromatic heterocycles. The van der Waals surface area contributed by atoms with Gasteiger partial charge < -0.3 is 10.1 Å². The first kappa shape index (κ1) is 12.0. The van der Waals surface area contributed by atoms with Gasteiger partial charge >= 0.3 is 0 Å². The molecule has 2 atom stereocenters. The van der Waals surface area contributed by atoms with E-state index in [4.69, 9.17) is 16.3 Å². The normalized spacial score (nSPS) is 27.1. The molecule has 4 heteroatoms. The van der Waals surface area contributed by atoms with E-state index in [0.29, 0.717) is 12.6 Å². The summed E-state index contributed by atoms with van der Waals surface area (Å²) in [4.78, 5) is 4.68. The molecule has 18 heavy (non-hydrogen) atoms. The van der Waals surface area contributed by atoms with Crippen LogP contribution >= 0.6 is 11.6 Å². The molecule has 3 nitrogen and oxygen atoms in total. The third-order valence-electron chi connectivity index (χ3n) is 3.45. The van der Waals surface area contributed by atoms with Gasteiger partial charge in [0.05, 0.1) is 12.1 Å². The molecule has 0 amide bonds. The third-order valence-corrected chi connectivity index (χ3v) is 3.69. The van der Waals surface area contributed by atoms with Crippen LogP contribution in [0, 0.1) is 0 Å². The summed E-state index contributed by atoms with van der Waals surface area (Å²) in [5, 5.41) is 4.20. The third kappa shape index (κ3) is 2.68. The highest BCUT2D eigenvalue weighted by molar-refractivity contribution is 6.30. The molecule has 0 radical (unpaired) electrons. The second-order valence-electron chi connectivity index (χ2n) is 4.92. The lowest BCUT2D eigenvalue weighted by molar-refractivity contribution is 0.302. The highest BCUT2D eigenvalue weighted by atomic mass is 35.5. The minimum Gasteiger partial charge on any atom is -0.478 e. The number of halogens is 1. The smallest absolute Gasteiger partial charge is 0.201 e. The summed E-state index contributed by atoms with van der Waals surface area (Å²) in [6.07, 6.45) is 3.26. The predicted molar refractivity (Wildman–Crippen MR) is 73.4 cm³/mol. The number of rotatable bonds is 3. The maximum absolute atomic E-state index is 5.99. The van der Waals surface area contributed by atoms with Crippen molar-refractivity contribution in [2.24, 2.45) is 4.99 Å². The van der Waals surface area contributed by atoms with E-state index < -0.39 is 0 Å².